The van der Waals surface area contributed by atoms with Crippen molar-refractivity contribution in [3.05, 3.63) is 52.0 Å². The van der Waals surface area contributed by atoms with Crippen LogP contribution in [0.15, 0.2) is 34.9 Å². The minimum atomic E-state index is -0.991. The lowest BCUT2D eigenvalue weighted by Gasteiger charge is -1.98. The Bertz CT molecular complexity index is 505. The predicted molar refractivity (Wildman–Crippen MR) is 62.5 cm³/mol. The van der Waals surface area contributed by atoms with Gasteiger partial charge in [-0.25, -0.2) is 9.78 Å². The number of rotatable bonds is 3. The van der Waals surface area contributed by atoms with E-state index in [-0.39, 0.29) is 5.69 Å². The molecule has 2 N–H and O–H groups in total. The quantitative estimate of drug-likeness (QED) is 0.908. The number of carboxylic acids is 1. The number of imidazole rings is 1. The van der Waals surface area contributed by atoms with Crippen LogP contribution in [0.2, 0.25) is 0 Å². The third-order valence-electron chi connectivity index (χ3n) is 2.14. The first-order valence-corrected chi connectivity index (χ1v) is 5.46. The van der Waals surface area contributed by atoms with Crippen LogP contribution < -0.4 is 0 Å². The van der Waals surface area contributed by atoms with Crippen LogP contribution in [0.1, 0.15) is 21.9 Å². The fourth-order valence-corrected chi connectivity index (χ4v) is 1.62. The second kappa shape index (κ2) is 4.49. The maximum absolute atomic E-state index is 10.6. The predicted octanol–water partition coefficient (Wildman–Crippen LogP) is 2.46. The van der Waals surface area contributed by atoms with E-state index in [4.69, 9.17) is 5.11 Å². The van der Waals surface area contributed by atoms with Crippen molar-refractivity contribution in [2.24, 2.45) is 0 Å². The van der Waals surface area contributed by atoms with Gasteiger partial charge in [-0.2, -0.15) is 0 Å². The van der Waals surface area contributed by atoms with Crippen LogP contribution in [0, 0.1) is 0 Å². The Kier molecular flexibility index (Phi) is 3.05. The van der Waals surface area contributed by atoms with Crippen LogP contribution in [0.25, 0.3) is 0 Å². The van der Waals surface area contributed by atoms with E-state index in [1.165, 1.54) is 6.20 Å². The van der Waals surface area contributed by atoms with Crippen LogP contribution in [0.5, 0.6) is 0 Å². The van der Waals surface area contributed by atoms with Crippen molar-refractivity contribution in [2.75, 3.05) is 0 Å². The molecule has 2 rings (SSSR count). The van der Waals surface area contributed by atoms with Gasteiger partial charge in [0.1, 0.15) is 11.5 Å². The van der Waals surface area contributed by atoms with Crippen LogP contribution in [0.3, 0.4) is 0 Å². The van der Waals surface area contributed by atoms with E-state index < -0.39 is 5.97 Å². The van der Waals surface area contributed by atoms with Crippen LogP contribution in [-0.4, -0.2) is 21.0 Å². The first-order valence-electron chi connectivity index (χ1n) is 4.67. The third-order valence-corrected chi connectivity index (χ3v) is 2.67. The van der Waals surface area contributed by atoms with E-state index in [0.717, 1.165) is 10.0 Å². The van der Waals surface area contributed by atoms with Crippen LogP contribution >= 0.6 is 15.9 Å². The fourth-order valence-electron chi connectivity index (χ4n) is 1.36. The minimum absolute atomic E-state index is 0.118. The zero-order valence-corrected chi connectivity index (χ0v) is 9.86. The number of benzene rings is 1. The smallest absolute Gasteiger partial charge is 0.353 e. The second-order valence-electron chi connectivity index (χ2n) is 3.35. The Morgan fingerprint density at radius 2 is 2.06 bits per heavy atom. The molecule has 0 spiro atoms. The standard InChI is InChI=1S/C11H9BrN2O2/c12-8-3-1-7(2-4-8)5-10-13-6-9(14-10)11(15)16/h1-4,6H,5H2,(H,13,14)(H,15,16). The molecule has 1 heterocycles. The molecular weight excluding hydrogens is 272 g/mol. The number of aromatic carboxylic acids is 1. The summed E-state index contributed by atoms with van der Waals surface area (Å²) in [4.78, 5) is 17.4. The molecule has 1 aromatic carbocycles. The van der Waals surface area contributed by atoms with Crippen molar-refractivity contribution in [2.45, 2.75) is 6.42 Å². The Morgan fingerprint density at radius 3 is 2.62 bits per heavy atom. The molecule has 0 aliphatic heterocycles. The molecule has 82 valence electrons. The van der Waals surface area contributed by atoms with Crippen LogP contribution in [0.4, 0.5) is 0 Å². The summed E-state index contributed by atoms with van der Waals surface area (Å²) in [6, 6.07) is 7.81. The molecule has 0 fully saturated rings. The summed E-state index contributed by atoms with van der Waals surface area (Å²) < 4.78 is 1.02. The van der Waals surface area contributed by atoms with Crippen molar-refractivity contribution in [1.29, 1.82) is 0 Å². The largest absolute Gasteiger partial charge is 0.477 e. The molecule has 0 amide bonds. The van der Waals surface area contributed by atoms with Gasteiger partial charge < -0.3 is 10.1 Å². The Morgan fingerprint density at radius 1 is 1.38 bits per heavy atom. The number of aromatic amines is 1. The van der Waals surface area contributed by atoms with E-state index in [1.807, 2.05) is 24.3 Å². The zero-order chi connectivity index (χ0) is 11.5. The third kappa shape index (κ3) is 2.49. The summed E-state index contributed by atoms with van der Waals surface area (Å²) in [6.45, 7) is 0. The molecule has 16 heavy (non-hydrogen) atoms. The number of nitrogens with zero attached hydrogens (tertiary/aromatic N) is 1. The van der Waals surface area contributed by atoms with E-state index in [0.29, 0.717) is 12.2 Å². The molecule has 0 atom stereocenters. The number of halogens is 1. The van der Waals surface area contributed by atoms with Gasteiger partial charge in [0.2, 0.25) is 0 Å². The van der Waals surface area contributed by atoms with Gasteiger partial charge in [-0.15, -0.1) is 0 Å². The lowest BCUT2D eigenvalue weighted by atomic mass is 10.1. The maximum Gasteiger partial charge on any atom is 0.353 e. The molecule has 5 heteroatoms. The summed E-state index contributed by atoms with van der Waals surface area (Å²) in [5.74, 6) is -0.339. The van der Waals surface area contributed by atoms with Gasteiger partial charge in [0.25, 0.3) is 0 Å². The highest BCUT2D eigenvalue weighted by Gasteiger charge is 2.07. The van der Waals surface area contributed by atoms with Gasteiger partial charge >= 0.3 is 5.97 Å². The Labute approximate surface area is 100 Å². The van der Waals surface area contributed by atoms with Gasteiger partial charge in [0, 0.05) is 10.9 Å². The van der Waals surface area contributed by atoms with E-state index >= 15 is 0 Å². The molecule has 0 radical (unpaired) electrons. The number of aromatic nitrogens is 2. The number of hydrogen-bond donors (Lipinski definition) is 2. The van der Waals surface area contributed by atoms with Gasteiger partial charge in [0.05, 0.1) is 6.20 Å². The lowest BCUT2D eigenvalue weighted by Crippen LogP contribution is -1.97. The summed E-state index contributed by atoms with van der Waals surface area (Å²) >= 11 is 3.35. The number of nitrogens with one attached hydrogen (secondary N) is 1. The SMILES string of the molecule is O=C(O)c1cnc(Cc2ccc(Br)cc2)[nH]1. The lowest BCUT2D eigenvalue weighted by molar-refractivity contribution is 0.0691. The molecule has 4 nitrogen and oxygen atoms in total. The Balaban J connectivity index is 2.14. The van der Waals surface area contributed by atoms with Gasteiger partial charge in [-0.05, 0) is 17.7 Å². The average molecular weight is 281 g/mol. The first kappa shape index (κ1) is 10.9. The van der Waals surface area contributed by atoms with Crippen molar-refractivity contribution in [3.63, 3.8) is 0 Å². The van der Waals surface area contributed by atoms with Crippen molar-refractivity contribution in [3.8, 4) is 0 Å². The monoisotopic (exact) mass is 280 g/mol. The summed E-state index contributed by atoms with van der Waals surface area (Å²) in [6.07, 6.45) is 1.93. The van der Waals surface area contributed by atoms with E-state index in [9.17, 15) is 4.79 Å². The average Bonchev–Trinajstić information content (AvgIpc) is 2.70. The zero-order valence-electron chi connectivity index (χ0n) is 8.27. The molecule has 2 aromatic rings. The van der Waals surface area contributed by atoms with Crippen molar-refractivity contribution >= 4 is 21.9 Å². The van der Waals surface area contributed by atoms with Crippen molar-refractivity contribution < 1.29 is 9.90 Å². The van der Waals surface area contributed by atoms with Crippen molar-refractivity contribution in [1.82, 2.24) is 9.97 Å². The van der Waals surface area contributed by atoms with E-state index in [1.54, 1.807) is 0 Å². The number of H-pyrrole nitrogens is 1. The molecule has 0 unspecified atom stereocenters. The van der Waals surface area contributed by atoms with Gasteiger partial charge in [0.15, 0.2) is 0 Å². The van der Waals surface area contributed by atoms with Gasteiger partial charge in [-0.1, -0.05) is 28.1 Å². The number of carboxylic acid groups (broad SMARTS) is 1. The molecule has 1 aromatic heterocycles. The summed E-state index contributed by atoms with van der Waals surface area (Å²) in [7, 11) is 0. The number of hydrogen-bond acceptors (Lipinski definition) is 2. The summed E-state index contributed by atoms with van der Waals surface area (Å²) in [5.41, 5.74) is 1.20. The highest BCUT2D eigenvalue weighted by molar-refractivity contribution is 9.10. The van der Waals surface area contributed by atoms with Crippen LogP contribution in [-0.2, 0) is 6.42 Å². The maximum atomic E-state index is 10.6. The molecule has 0 aliphatic carbocycles. The topological polar surface area (TPSA) is 66.0 Å². The highest BCUT2D eigenvalue weighted by atomic mass is 79.9. The second-order valence-corrected chi connectivity index (χ2v) is 4.27. The Hall–Kier alpha value is -1.62. The summed E-state index contributed by atoms with van der Waals surface area (Å²) in [5, 5.41) is 8.72. The molecular formula is C11H9BrN2O2. The highest BCUT2D eigenvalue weighted by Crippen LogP contribution is 2.12. The number of carbonyl (C=O) groups is 1. The molecule has 0 aliphatic rings. The van der Waals surface area contributed by atoms with Gasteiger partial charge in [-0.3, -0.25) is 0 Å². The molecule has 0 saturated carbocycles. The minimum Gasteiger partial charge on any atom is -0.477 e. The normalized spacial score (nSPS) is 10.3. The van der Waals surface area contributed by atoms with E-state index in [2.05, 4.69) is 25.9 Å². The fraction of sp³-hybridized carbons (Fsp3) is 0.0909. The molecule has 0 saturated heterocycles. The molecule has 0 bridgehead atoms. The first-order chi connectivity index (χ1) is 7.65.